The zero-order valence-corrected chi connectivity index (χ0v) is 13.3. The van der Waals surface area contributed by atoms with E-state index in [1.165, 1.54) is 17.1 Å². The molecule has 1 aliphatic rings. The fraction of sp³-hybridized carbons (Fsp3) is 0.438. The predicted octanol–water partition coefficient (Wildman–Crippen LogP) is 1.76. The molecule has 2 aromatic rings. The van der Waals surface area contributed by atoms with Gasteiger partial charge >= 0.3 is 0 Å². The average Bonchev–Trinajstić information content (AvgIpc) is 2.64. The van der Waals surface area contributed by atoms with Crippen LogP contribution in [0.5, 0.6) is 0 Å². The van der Waals surface area contributed by atoms with Crippen LogP contribution in [0.15, 0.2) is 29.6 Å². The minimum Gasteiger partial charge on any atom is -0.354 e. The maximum atomic E-state index is 12.6. The summed E-state index contributed by atoms with van der Waals surface area (Å²) in [7, 11) is 0. The molecule has 0 spiro atoms. The number of nitrogens with zero attached hydrogens (tertiary/aromatic N) is 6. The second-order valence-electron chi connectivity index (χ2n) is 5.88. The van der Waals surface area contributed by atoms with Crippen molar-refractivity contribution < 1.29 is 8.78 Å². The topological polar surface area (TPSA) is 87.7 Å². The first-order valence-electron chi connectivity index (χ1n) is 7.89. The lowest BCUT2D eigenvalue weighted by Gasteiger charge is -2.33. The molecular formula is C16H16F2N6O. The van der Waals surface area contributed by atoms with Gasteiger partial charge < -0.3 is 4.90 Å². The van der Waals surface area contributed by atoms with Crippen LogP contribution in [0.1, 0.15) is 30.7 Å². The van der Waals surface area contributed by atoms with Crippen molar-refractivity contribution in [3.8, 4) is 6.07 Å². The Hall–Kier alpha value is -2.89. The Morgan fingerprint density at radius 2 is 1.96 bits per heavy atom. The van der Waals surface area contributed by atoms with Gasteiger partial charge in [-0.15, -0.1) is 0 Å². The summed E-state index contributed by atoms with van der Waals surface area (Å²) in [5, 5.41) is 9.11. The number of hydrogen-bond donors (Lipinski definition) is 0. The number of halogens is 2. The summed E-state index contributed by atoms with van der Waals surface area (Å²) in [6, 6.07) is 2.92. The Morgan fingerprint density at radius 3 is 2.60 bits per heavy atom. The van der Waals surface area contributed by atoms with Gasteiger partial charge in [0.05, 0.1) is 6.33 Å². The molecule has 130 valence electrons. The lowest BCUT2D eigenvalue weighted by molar-refractivity contribution is 0.145. The van der Waals surface area contributed by atoms with Crippen LogP contribution in [-0.2, 0) is 6.54 Å². The van der Waals surface area contributed by atoms with E-state index < -0.39 is 17.7 Å². The first-order chi connectivity index (χ1) is 12.1. The van der Waals surface area contributed by atoms with Gasteiger partial charge in [0, 0.05) is 38.1 Å². The third-order valence-corrected chi connectivity index (χ3v) is 4.28. The molecule has 7 nitrogen and oxygen atoms in total. The molecular weight excluding hydrogens is 330 g/mol. The van der Waals surface area contributed by atoms with Crippen molar-refractivity contribution in [3.63, 3.8) is 0 Å². The number of aromatic nitrogens is 4. The van der Waals surface area contributed by atoms with Crippen molar-refractivity contribution in [1.29, 1.82) is 5.26 Å². The van der Waals surface area contributed by atoms with Crippen LogP contribution >= 0.6 is 0 Å². The average molecular weight is 346 g/mol. The van der Waals surface area contributed by atoms with Crippen molar-refractivity contribution in [2.45, 2.75) is 25.8 Å². The maximum absolute atomic E-state index is 12.6. The summed E-state index contributed by atoms with van der Waals surface area (Å²) in [5.74, 6) is 0.805. The number of nitriles is 1. The van der Waals surface area contributed by atoms with E-state index in [9.17, 15) is 13.6 Å². The predicted molar refractivity (Wildman–Crippen MR) is 85.1 cm³/mol. The van der Waals surface area contributed by atoms with E-state index in [1.54, 1.807) is 6.20 Å². The SMILES string of the molecule is N#Cc1nccnc1N1CCC(Cn2cnc(C(F)F)cc2=O)CC1. The molecule has 0 radical (unpaired) electrons. The summed E-state index contributed by atoms with van der Waals surface area (Å²) >= 11 is 0. The summed E-state index contributed by atoms with van der Waals surface area (Å²) in [6.07, 6.45) is 3.07. The highest BCUT2D eigenvalue weighted by molar-refractivity contribution is 5.49. The molecule has 9 heteroatoms. The fourth-order valence-corrected chi connectivity index (χ4v) is 2.94. The summed E-state index contributed by atoms with van der Waals surface area (Å²) in [5.41, 5.74) is -0.667. The normalized spacial score (nSPS) is 15.4. The van der Waals surface area contributed by atoms with Gasteiger partial charge in [-0.2, -0.15) is 5.26 Å². The summed E-state index contributed by atoms with van der Waals surface area (Å²) in [4.78, 5) is 25.8. The van der Waals surface area contributed by atoms with Crippen LogP contribution in [-0.4, -0.2) is 32.6 Å². The van der Waals surface area contributed by atoms with E-state index in [0.717, 1.165) is 18.9 Å². The Kier molecular flexibility index (Phi) is 4.97. The zero-order valence-electron chi connectivity index (χ0n) is 13.3. The van der Waals surface area contributed by atoms with Gasteiger partial charge in [0.1, 0.15) is 11.8 Å². The van der Waals surface area contributed by atoms with Gasteiger partial charge in [-0.1, -0.05) is 0 Å². The Balaban J connectivity index is 1.63. The van der Waals surface area contributed by atoms with Crippen molar-refractivity contribution in [2.75, 3.05) is 18.0 Å². The zero-order chi connectivity index (χ0) is 17.8. The van der Waals surface area contributed by atoms with Crippen molar-refractivity contribution in [2.24, 2.45) is 5.92 Å². The minimum atomic E-state index is -2.74. The Labute approximate surface area is 142 Å². The largest absolute Gasteiger partial charge is 0.354 e. The number of piperidine rings is 1. The molecule has 0 bridgehead atoms. The molecule has 3 heterocycles. The number of anilines is 1. The van der Waals surface area contributed by atoms with Gasteiger partial charge in [-0.25, -0.2) is 23.7 Å². The molecule has 1 aliphatic heterocycles. The summed E-state index contributed by atoms with van der Waals surface area (Å²) in [6.45, 7) is 1.82. The molecule has 0 saturated carbocycles. The monoisotopic (exact) mass is 346 g/mol. The third kappa shape index (κ3) is 3.79. The number of alkyl halides is 2. The van der Waals surface area contributed by atoms with E-state index in [4.69, 9.17) is 5.26 Å². The highest BCUT2D eigenvalue weighted by Gasteiger charge is 2.23. The first-order valence-corrected chi connectivity index (χ1v) is 7.89. The molecule has 0 atom stereocenters. The molecule has 1 saturated heterocycles. The van der Waals surface area contributed by atoms with Crippen LogP contribution in [0.3, 0.4) is 0 Å². The van der Waals surface area contributed by atoms with Crippen LogP contribution in [0, 0.1) is 17.2 Å². The molecule has 1 fully saturated rings. The van der Waals surface area contributed by atoms with Gasteiger partial charge in [-0.05, 0) is 18.8 Å². The van der Waals surface area contributed by atoms with Gasteiger partial charge in [-0.3, -0.25) is 9.36 Å². The van der Waals surface area contributed by atoms with Gasteiger partial charge in [0.15, 0.2) is 11.5 Å². The number of rotatable bonds is 4. The Bertz CT molecular complexity index is 839. The molecule has 0 amide bonds. The second-order valence-corrected chi connectivity index (χ2v) is 5.88. The highest BCUT2D eigenvalue weighted by atomic mass is 19.3. The van der Waals surface area contributed by atoms with Crippen molar-refractivity contribution >= 4 is 5.82 Å². The lowest BCUT2D eigenvalue weighted by Crippen LogP contribution is -2.37. The third-order valence-electron chi connectivity index (χ3n) is 4.28. The highest BCUT2D eigenvalue weighted by Crippen LogP contribution is 2.24. The smallest absolute Gasteiger partial charge is 0.280 e. The second kappa shape index (κ2) is 7.34. The molecule has 0 unspecified atom stereocenters. The molecule has 0 aliphatic carbocycles. The molecule has 0 N–H and O–H groups in total. The molecule has 0 aromatic carbocycles. The minimum absolute atomic E-state index is 0.232. The van der Waals surface area contributed by atoms with Gasteiger partial charge in [0.25, 0.3) is 12.0 Å². The van der Waals surface area contributed by atoms with Crippen LogP contribution in [0.4, 0.5) is 14.6 Å². The fourth-order valence-electron chi connectivity index (χ4n) is 2.94. The van der Waals surface area contributed by atoms with Gasteiger partial charge in [0.2, 0.25) is 0 Å². The van der Waals surface area contributed by atoms with Crippen molar-refractivity contribution in [1.82, 2.24) is 19.5 Å². The maximum Gasteiger partial charge on any atom is 0.280 e. The Morgan fingerprint density at radius 1 is 1.24 bits per heavy atom. The van der Waals surface area contributed by atoms with E-state index in [0.29, 0.717) is 31.1 Å². The summed E-state index contributed by atoms with van der Waals surface area (Å²) < 4.78 is 26.5. The lowest BCUT2D eigenvalue weighted by atomic mass is 9.96. The standard InChI is InChI=1S/C16H16F2N6O/c17-15(18)12-7-14(25)24(10-22-12)9-11-1-5-23(6-2-11)16-13(8-19)20-3-4-21-16/h3-4,7,10-11,15H,1-2,5-6,9H2. The van der Waals surface area contributed by atoms with E-state index in [2.05, 4.69) is 15.0 Å². The van der Waals surface area contributed by atoms with Crippen molar-refractivity contribution in [3.05, 3.63) is 46.5 Å². The number of hydrogen-bond acceptors (Lipinski definition) is 6. The van der Waals surface area contributed by atoms with E-state index in [1.807, 2.05) is 11.0 Å². The van der Waals surface area contributed by atoms with Crippen LogP contribution in [0.25, 0.3) is 0 Å². The quantitative estimate of drug-likeness (QED) is 0.838. The van der Waals surface area contributed by atoms with Crippen LogP contribution in [0.2, 0.25) is 0 Å². The first kappa shape index (κ1) is 17.0. The van der Waals surface area contributed by atoms with E-state index in [-0.39, 0.29) is 5.92 Å². The molecule has 3 rings (SSSR count). The van der Waals surface area contributed by atoms with Crippen LogP contribution < -0.4 is 10.5 Å². The molecule has 2 aromatic heterocycles. The molecule has 25 heavy (non-hydrogen) atoms. The van der Waals surface area contributed by atoms with E-state index >= 15 is 0 Å².